The van der Waals surface area contributed by atoms with Crippen molar-refractivity contribution in [1.29, 1.82) is 0 Å². The first-order valence-electron chi connectivity index (χ1n) is 7.04. The molecule has 1 amide bonds. The fraction of sp³-hybridized carbons (Fsp3) is 0.600. The van der Waals surface area contributed by atoms with E-state index in [1.165, 1.54) is 0 Å². The average Bonchev–Trinajstić information content (AvgIpc) is 2.55. The van der Waals surface area contributed by atoms with Crippen LogP contribution in [0.4, 0.5) is 5.82 Å². The Balaban J connectivity index is 1.99. The highest BCUT2D eigenvalue weighted by Crippen LogP contribution is 2.25. The third kappa shape index (κ3) is 3.69. The second-order valence-corrected chi connectivity index (χ2v) is 5.74. The highest BCUT2D eigenvalue weighted by atomic mass is 16.2. The lowest BCUT2D eigenvalue weighted by Crippen LogP contribution is -2.29. The van der Waals surface area contributed by atoms with Gasteiger partial charge < -0.3 is 10.6 Å². The fourth-order valence-electron chi connectivity index (χ4n) is 2.64. The standard InChI is InChI=1S/C15H23N3O/c1-11(2)13-4-6-15(19)18(8-7-13)10-12-3-5-14(16)17-9-12/h3,5,9,11,13H,4,6-8,10H2,1-2H3,(H2,16,17). The van der Waals surface area contributed by atoms with Gasteiger partial charge in [0.1, 0.15) is 5.82 Å². The van der Waals surface area contributed by atoms with Crippen molar-refractivity contribution in [1.82, 2.24) is 9.88 Å². The fourth-order valence-corrected chi connectivity index (χ4v) is 2.64. The highest BCUT2D eigenvalue weighted by molar-refractivity contribution is 5.76. The molecule has 2 heterocycles. The number of pyridine rings is 1. The van der Waals surface area contributed by atoms with E-state index in [1.807, 2.05) is 11.0 Å². The molecule has 2 rings (SSSR count). The van der Waals surface area contributed by atoms with Crippen molar-refractivity contribution in [2.75, 3.05) is 12.3 Å². The number of rotatable bonds is 3. The van der Waals surface area contributed by atoms with Gasteiger partial charge in [-0.15, -0.1) is 0 Å². The molecule has 1 saturated heterocycles. The van der Waals surface area contributed by atoms with E-state index in [2.05, 4.69) is 18.8 Å². The average molecular weight is 261 g/mol. The van der Waals surface area contributed by atoms with E-state index in [9.17, 15) is 4.79 Å². The van der Waals surface area contributed by atoms with Crippen LogP contribution in [0.5, 0.6) is 0 Å². The molecule has 0 aromatic carbocycles. The van der Waals surface area contributed by atoms with Gasteiger partial charge in [-0.1, -0.05) is 19.9 Å². The molecule has 1 aromatic heterocycles. The molecule has 1 aliphatic heterocycles. The molecule has 0 saturated carbocycles. The molecule has 2 N–H and O–H groups in total. The van der Waals surface area contributed by atoms with Crippen molar-refractivity contribution < 1.29 is 4.79 Å². The normalized spacial score (nSPS) is 20.7. The lowest BCUT2D eigenvalue weighted by molar-refractivity contribution is -0.131. The number of nitrogen functional groups attached to an aromatic ring is 1. The van der Waals surface area contributed by atoms with Gasteiger partial charge in [-0.25, -0.2) is 4.98 Å². The van der Waals surface area contributed by atoms with Crippen LogP contribution in [0, 0.1) is 11.8 Å². The lowest BCUT2D eigenvalue weighted by atomic mass is 9.89. The summed E-state index contributed by atoms with van der Waals surface area (Å²) in [6.07, 6.45) is 4.55. The number of hydrogen-bond acceptors (Lipinski definition) is 3. The monoisotopic (exact) mass is 261 g/mol. The molecular weight excluding hydrogens is 238 g/mol. The van der Waals surface area contributed by atoms with Gasteiger partial charge >= 0.3 is 0 Å². The SMILES string of the molecule is CC(C)C1CCC(=O)N(Cc2ccc(N)nc2)CC1. The maximum Gasteiger partial charge on any atom is 0.222 e. The summed E-state index contributed by atoms with van der Waals surface area (Å²) in [6.45, 7) is 5.99. The van der Waals surface area contributed by atoms with Crippen molar-refractivity contribution in [3.05, 3.63) is 23.9 Å². The maximum atomic E-state index is 12.1. The number of likely N-dealkylation sites (tertiary alicyclic amines) is 1. The molecule has 0 bridgehead atoms. The minimum absolute atomic E-state index is 0.264. The number of amides is 1. The molecule has 104 valence electrons. The smallest absolute Gasteiger partial charge is 0.222 e. The van der Waals surface area contributed by atoms with E-state index in [0.29, 0.717) is 30.6 Å². The van der Waals surface area contributed by atoms with Gasteiger partial charge in [-0.2, -0.15) is 0 Å². The van der Waals surface area contributed by atoms with Crippen LogP contribution in [0.3, 0.4) is 0 Å². The van der Waals surface area contributed by atoms with Gasteiger partial charge in [0.25, 0.3) is 0 Å². The minimum Gasteiger partial charge on any atom is -0.384 e. The van der Waals surface area contributed by atoms with Gasteiger partial charge in [-0.05, 0) is 36.3 Å². The van der Waals surface area contributed by atoms with E-state index in [1.54, 1.807) is 12.3 Å². The number of hydrogen-bond donors (Lipinski definition) is 1. The molecule has 1 unspecified atom stereocenters. The Bertz CT molecular complexity index is 428. The Morgan fingerprint density at radius 2 is 2.21 bits per heavy atom. The number of nitrogens with two attached hydrogens (primary N) is 1. The summed E-state index contributed by atoms with van der Waals surface area (Å²) in [5, 5.41) is 0. The number of carbonyl (C=O) groups excluding carboxylic acids is 1. The first kappa shape index (κ1) is 13.8. The topological polar surface area (TPSA) is 59.2 Å². The number of anilines is 1. The van der Waals surface area contributed by atoms with Crippen LogP contribution in [-0.2, 0) is 11.3 Å². The molecule has 4 nitrogen and oxygen atoms in total. The van der Waals surface area contributed by atoms with Crippen molar-refractivity contribution in [3.63, 3.8) is 0 Å². The van der Waals surface area contributed by atoms with Crippen molar-refractivity contribution in [2.24, 2.45) is 11.8 Å². The first-order valence-corrected chi connectivity index (χ1v) is 7.04. The van der Waals surface area contributed by atoms with E-state index >= 15 is 0 Å². The molecule has 0 spiro atoms. The quantitative estimate of drug-likeness (QED) is 0.909. The Hall–Kier alpha value is -1.58. The molecular formula is C15H23N3O. The zero-order valence-electron chi connectivity index (χ0n) is 11.8. The van der Waals surface area contributed by atoms with Crippen molar-refractivity contribution in [2.45, 2.75) is 39.7 Å². The molecule has 0 aliphatic carbocycles. The second-order valence-electron chi connectivity index (χ2n) is 5.74. The van der Waals surface area contributed by atoms with E-state index in [4.69, 9.17) is 5.73 Å². The van der Waals surface area contributed by atoms with Crippen LogP contribution in [0.2, 0.25) is 0 Å². The summed E-state index contributed by atoms with van der Waals surface area (Å²) in [7, 11) is 0. The summed E-state index contributed by atoms with van der Waals surface area (Å²) in [5.74, 6) is 2.11. The molecule has 1 atom stereocenters. The highest BCUT2D eigenvalue weighted by Gasteiger charge is 2.24. The van der Waals surface area contributed by atoms with Crippen molar-refractivity contribution >= 4 is 11.7 Å². The second kappa shape index (κ2) is 6.04. The molecule has 1 fully saturated rings. The molecule has 0 radical (unpaired) electrons. The van der Waals surface area contributed by atoms with E-state index in [-0.39, 0.29) is 5.91 Å². The lowest BCUT2D eigenvalue weighted by Gasteiger charge is -2.21. The molecule has 19 heavy (non-hydrogen) atoms. The number of aromatic nitrogens is 1. The van der Waals surface area contributed by atoms with Crippen LogP contribution in [0.15, 0.2) is 18.3 Å². The zero-order valence-corrected chi connectivity index (χ0v) is 11.8. The summed E-state index contributed by atoms with van der Waals surface area (Å²) in [5.41, 5.74) is 6.62. The Morgan fingerprint density at radius 3 is 2.84 bits per heavy atom. The maximum absolute atomic E-state index is 12.1. The van der Waals surface area contributed by atoms with Crippen LogP contribution in [-0.4, -0.2) is 22.3 Å². The van der Waals surface area contributed by atoms with Gasteiger partial charge in [0.15, 0.2) is 0 Å². The Labute approximate surface area is 115 Å². The molecule has 1 aromatic rings. The van der Waals surface area contributed by atoms with Gasteiger partial charge in [0.2, 0.25) is 5.91 Å². The number of nitrogens with zero attached hydrogens (tertiary/aromatic N) is 2. The van der Waals surface area contributed by atoms with Crippen molar-refractivity contribution in [3.8, 4) is 0 Å². The largest absolute Gasteiger partial charge is 0.384 e. The summed E-state index contributed by atoms with van der Waals surface area (Å²) in [6, 6.07) is 3.73. The third-order valence-electron chi connectivity index (χ3n) is 4.02. The molecule has 4 heteroatoms. The van der Waals surface area contributed by atoms with Gasteiger partial charge in [0, 0.05) is 25.7 Å². The number of carbonyl (C=O) groups is 1. The summed E-state index contributed by atoms with van der Waals surface area (Å²) >= 11 is 0. The van der Waals surface area contributed by atoms with Crippen LogP contribution < -0.4 is 5.73 Å². The Kier molecular flexibility index (Phi) is 4.40. The predicted octanol–water partition coefficient (Wildman–Crippen LogP) is 2.45. The third-order valence-corrected chi connectivity index (χ3v) is 4.02. The molecule has 1 aliphatic rings. The summed E-state index contributed by atoms with van der Waals surface area (Å²) < 4.78 is 0. The van der Waals surface area contributed by atoms with Crippen LogP contribution in [0.25, 0.3) is 0 Å². The predicted molar refractivity (Wildman–Crippen MR) is 76.2 cm³/mol. The van der Waals surface area contributed by atoms with E-state index in [0.717, 1.165) is 24.9 Å². The zero-order chi connectivity index (χ0) is 13.8. The summed E-state index contributed by atoms with van der Waals surface area (Å²) in [4.78, 5) is 18.2. The first-order chi connectivity index (χ1) is 9.06. The van der Waals surface area contributed by atoms with E-state index < -0.39 is 0 Å². The Morgan fingerprint density at radius 1 is 1.42 bits per heavy atom. The minimum atomic E-state index is 0.264. The van der Waals surface area contributed by atoms with Gasteiger partial charge in [-0.3, -0.25) is 4.79 Å². The van der Waals surface area contributed by atoms with Gasteiger partial charge in [0.05, 0.1) is 0 Å². The van der Waals surface area contributed by atoms with Crippen LogP contribution >= 0.6 is 0 Å². The van der Waals surface area contributed by atoms with Crippen LogP contribution in [0.1, 0.15) is 38.7 Å².